The Balaban J connectivity index is 1.81. The van der Waals surface area contributed by atoms with E-state index in [0.29, 0.717) is 5.56 Å². The summed E-state index contributed by atoms with van der Waals surface area (Å²) in [5.74, 6) is 0.0607. The van der Waals surface area contributed by atoms with Gasteiger partial charge in [-0.15, -0.1) is 0 Å². The number of aryl methyl sites for hydroxylation is 2. The van der Waals surface area contributed by atoms with Crippen LogP contribution in [0.15, 0.2) is 72.8 Å². The Labute approximate surface area is 136 Å². The van der Waals surface area contributed by atoms with Gasteiger partial charge in [0.25, 0.3) is 0 Å². The second-order valence-electron chi connectivity index (χ2n) is 5.66. The summed E-state index contributed by atoms with van der Waals surface area (Å²) in [4.78, 5) is 12.6. The smallest absolute Gasteiger partial charge is 0.193 e. The lowest BCUT2D eigenvalue weighted by molar-refractivity contribution is 0.103. The van der Waals surface area contributed by atoms with E-state index < -0.39 is 0 Å². The maximum absolute atomic E-state index is 12.6. The Bertz CT molecular complexity index is 834. The molecule has 0 radical (unpaired) electrons. The second kappa shape index (κ2) is 6.49. The lowest BCUT2D eigenvalue weighted by Crippen LogP contribution is -2.03. The minimum absolute atomic E-state index is 0.0607. The molecule has 3 aromatic rings. The van der Waals surface area contributed by atoms with E-state index in [1.54, 1.807) is 0 Å². The molecule has 2 nitrogen and oxygen atoms in total. The zero-order valence-corrected chi connectivity index (χ0v) is 13.3. The molecule has 114 valence electrons. The summed E-state index contributed by atoms with van der Waals surface area (Å²) in [5.41, 5.74) is 5.69. The van der Waals surface area contributed by atoms with Crippen LogP contribution in [0, 0.1) is 13.8 Å². The van der Waals surface area contributed by atoms with Crippen molar-refractivity contribution in [3.05, 3.63) is 95.1 Å². The fourth-order valence-corrected chi connectivity index (χ4v) is 2.56. The number of anilines is 2. The van der Waals surface area contributed by atoms with E-state index in [-0.39, 0.29) is 5.78 Å². The molecular formula is C21H19NO. The standard InChI is InChI=1S/C21H19NO/c1-15-7-3-5-9-19(15)21(23)17-11-13-18(14-12-17)22-20-10-6-4-8-16(20)2/h3-14,22H,1-2H3. The van der Waals surface area contributed by atoms with Gasteiger partial charge in [-0.05, 0) is 55.3 Å². The molecule has 0 aliphatic carbocycles. The Morgan fingerprint density at radius 1 is 0.739 bits per heavy atom. The van der Waals surface area contributed by atoms with Crippen molar-refractivity contribution in [2.45, 2.75) is 13.8 Å². The SMILES string of the molecule is Cc1ccccc1Nc1ccc(C(=O)c2ccccc2C)cc1. The van der Waals surface area contributed by atoms with Crippen LogP contribution in [0.25, 0.3) is 0 Å². The van der Waals surface area contributed by atoms with Gasteiger partial charge in [-0.25, -0.2) is 0 Å². The molecule has 0 aromatic heterocycles. The molecular weight excluding hydrogens is 282 g/mol. The van der Waals surface area contributed by atoms with Gasteiger partial charge in [0.15, 0.2) is 5.78 Å². The monoisotopic (exact) mass is 301 g/mol. The van der Waals surface area contributed by atoms with Crippen molar-refractivity contribution in [3.63, 3.8) is 0 Å². The second-order valence-corrected chi connectivity index (χ2v) is 5.66. The van der Waals surface area contributed by atoms with Crippen LogP contribution in [0.1, 0.15) is 27.0 Å². The highest BCUT2D eigenvalue weighted by Crippen LogP contribution is 2.21. The number of carbonyl (C=O) groups is 1. The van der Waals surface area contributed by atoms with E-state index in [1.165, 1.54) is 5.56 Å². The van der Waals surface area contributed by atoms with E-state index in [2.05, 4.69) is 18.3 Å². The van der Waals surface area contributed by atoms with Crippen LogP contribution in [0.4, 0.5) is 11.4 Å². The third-order valence-electron chi connectivity index (χ3n) is 3.96. The van der Waals surface area contributed by atoms with Crippen LogP contribution in [-0.4, -0.2) is 5.78 Å². The average molecular weight is 301 g/mol. The molecule has 0 spiro atoms. The Morgan fingerprint density at radius 2 is 1.35 bits per heavy atom. The van der Waals surface area contributed by atoms with Crippen LogP contribution in [0.3, 0.4) is 0 Å². The maximum atomic E-state index is 12.6. The highest BCUT2D eigenvalue weighted by molar-refractivity contribution is 6.10. The van der Waals surface area contributed by atoms with Crippen LogP contribution in [0.5, 0.6) is 0 Å². The van der Waals surface area contributed by atoms with Crippen LogP contribution in [-0.2, 0) is 0 Å². The van der Waals surface area contributed by atoms with Gasteiger partial charge in [-0.3, -0.25) is 4.79 Å². The molecule has 3 aromatic carbocycles. The summed E-state index contributed by atoms with van der Waals surface area (Å²) in [6, 6.07) is 23.4. The van der Waals surface area contributed by atoms with Gasteiger partial charge in [-0.2, -0.15) is 0 Å². The number of ketones is 1. The number of benzene rings is 3. The van der Waals surface area contributed by atoms with Crippen molar-refractivity contribution in [2.75, 3.05) is 5.32 Å². The Kier molecular flexibility index (Phi) is 4.24. The molecule has 0 saturated heterocycles. The topological polar surface area (TPSA) is 29.1 Å². The fourth-order valence-electron chi connectivity index (χ4n) is 2.56. The van der Waals surface area contributed by atoms with Crippen LogP contribution < -0.4 is 5.32 Å². The molecule has 2 heteroatoms. The first-order valence-electron chi connectivity index (χ1n) is 7.68. The minimum Gasteiger partial charge on any atom is -0.355 e. The highest BCUT2D eigenvalue weighted by Gasteiger charge is 2.11. The van der Waals surface area contributed by atoms with Crippen LogP contribution >= 0.6 is 0 Å². The van der Waals surface area contributed by atoms with E-state index in [0.717, 1.165) is 22.5 Å². The van der Waals surface area contributed by atoms with Gasteiger partial charge >= 0.3 is 0 Å². The van der Waals surface area contributed by atoms with Gasteiger partial charge < -0.3 is 5.32 Å². The first-order chi connectivity index (χ1) is 11.1. The summed E-state index contributed by atoms with van der Waals surface area (Å²) < 4.78 is 0. The van der Waals surface area contributed by atoms with E-state index in [1.807, 2.05) is 73.7 Å². The van der Waals surface area contributed by atoms with Crippen molar-refractivity contribution in [1.82, 2.24) is 0 Å². The largest absolute Gasteiger partial charge is 0.355 e. The van der Waals surface area contributed by atoms with Gasteiger partial charge in [0.2, 0.25) is 0 Å². The van der Waals surface area contributed by atoms with Crippen molar-refractivity contribution in [2.24, 2.45) is 0 Å². The first-order valence-corrected chi connectivity index (χ1v) is 7.68. The maximum Gasteiger partial charge on any atom is 0.193 e. The lowest BCUT2D eigenvalue weighted by Gasteiger charge is -2.10. The molecule has 23 heavy (non-hydrogen) atoms. The summed E-state index contributed by atoms with van der Waals surface area (Å²) in [6.07, 6.45) is 0. The molecule has 0 fully saturated rings. The number of nitrogens with one attached hydrogen (secondary N) is 1. The molecule has 1 N–H and O–H groups in total. The molecule has 0 amide bonds. The molecule has 0 bridgehead atoms. The Morgan fingerprint density at radius 3 is 2.00 bits per heavy atom. The third-order valence-corrected chi connectivity index (χ3v) is 3.96. The quantitative estimate of drug-likeness (QED) is 0.664. The van der Waals surface area contributed by atoms with Gasteiger partial charge in [0.05, 0.1) is 0 Å². The van der Waals surface area contributed by atoms with Crippen LogP contribution in [0.2, 0.25) is 0 Å². The van der Waals surface area contributed by atoms with Gasteiger partial charge in [-0.1, -0.05) is 42.5 Å². The third kappa shape index (κ3) is 3.32. The molecule has 0 unspecified atom stereocenters. The van der Waals surface area contributed by atoms with Crippen molar-refractivity contribution < 1.29 is 4.79 Å². The summed E-state index contributed by atoms with van der Waals surface area (Å²) in [5, 5.41) is 3.38. The fraction of sp³-hybridized carbons (Fsp3) is 0.0952. The van der Waals surface area contributed by atoms with Crippen molar-refractivity contribution in [1.29, 1.82) is 0 Å². The summed E-state index contributed by atoms with van der Waals surface area (Å²) in [7, 11) is 0. The van der Waals surface area contributed by atoms with Crippen molar-refractivity contribution >= 4 is 17.2 Å². The van der Waals surface area contributed by atoms with E-state index in [4.69, 9.17) is 0 Å². The molecule has 0 atom stereocenters. The number of hydrogen-bond acceptors (Lipinski definition) is 2. The molecule has 0 saturated carbocycles. The number of carbonyl (C=O) groups excluding carboxylic acids is 1. The van der Waals surface area contributed by atoms with Crippen molar-refractivity contribution in [3.8, 4) is 0 Å². The number of hydrogen-bond donors (Lipinski definition) is 1. The first kappa shape index (κ1) is 15.0. The lowest BCUT2D eigenvalue weighted by atomic mass is 9.99. The zero-order chi connectivity index (χ0) is 16.2. The van der Waals surface area contributed by atoms with Gasteiger partial charge in [0, 0.05) is 22.5 Å². The summed E-state index contributed by atoms with van der Waals surface area (Å²) >= 11 is 0. The van der Waals surface area contributed by atoms with Gasteiger partial charge in [0.1, 0.15) is 0 Å². The van der Waals surface area contributed by atoms with E-state index in [9.17, 15) is 4.79 Å². The van der Waals surface area contributed by atoms with E-state index >= 15 is 0 Å². The minimum atomic E-state index is 0.0607. The number of rotatable bonds is 4. The Hall–Kier alpha value is -2.87. The molecule has 0 aliphatic rings. The zero-order valence-electron chi connectivity index (χ0n) is 13.3. The number of para-hydroxylation sites is 1. The predicted octanol–water partition coefficient (Wildman–Crippen LogP) is 5.28. The predicted molar refractivity (Wildman–Crippen MR) is 95.5 cm³/mol. The molecule has 0 aliphatic heterocycles. The highest BCUT2D eigenvalue weighted by atomic mass is 16.1. The molecule has 0 heterocycles. The normalized spacial score (nSPS) is 10.3. The molecule has 3 rings (SSSR count). The summed E-state index contributed by atoms with van der Waals surface area (Å²) in [6.45, 7) is 4.03. The average Bonchev–Trinajstić information content (AvgIpc) is 2.57.